The van der Waals surface area contributed by atoms with Gasteiger partial charge in [-0.15, -0.1) is 11.8 Å². The van der Waals surface area contributed by atoms with Gasteiger partial charge in [-0.2, -0.15) is 0 Å². The van der Waals surface area contributed by atoms with Crippen LogP contribution >= 0.6 is 11.8 Å². The van der Waals surface area contributed by atoms with Gasteiger partial charge in [0.25, 0.3) is 5.91 Å². The first kappa shape index (κ1) is 19.0. The van der Waals surface area contributed by atoms with Gasteiger partial charge in [0.05, 0.1) is 11.4 Å². The molecular formula is C17H19FN2O4S. The van der Waals surface area contributed by atoms with E-state index >= 15 is 0 Å². The highest BCUT2D eigenvalue weighted by atomic mass is 32.2. The van der Waals surface area contributed by atoms with E-state index in [1.807, 2.05) is 13.8 Å². The van der Waals surface area contributed by atoms with Crippen LogP contribution in [-0.4, -0.2) is 29.4 Å². The molecule has 2 rings (SSSR count). The fraction of sp³-hybridized carbons (Fsp3) is 0.353. The van der Waals surface area contributed by atoms with Crippen LogP contribution in [0.1, 0.15) is 22.6 Å². The molecule has 25 heavy (non-hydrogen) atoms. The number of benzene rings is 1. The summed E-state index contributed by atoms with van der Waals surface area (Å²) in [5.41, 5.74) is 2.13. The van der Waals surface area contributed by atoms with Crippen LogP contribution in [0.25, 0.3) is 0 Å². The summed E-state index contributed by atoms with van der Waals surface area (Å²) in [4.78, 5) is 23.3. The Morgan fingerprint density at radius 2 is 2.08 bits per heavy atom. The number of hydrogen-bond donors (Lipinski definition) is 1. The molecule has 1 amide bonds. The zero-order valence-corrected chi connectivity index (χ0v) is 14.8. The van der Waals surface area contributed by atoms with Gasteiger partial charge in [0, 0.05) is 23.4 Å². The predicted octanol–water partition coefficient (Wildman–Crippen LogP) is 2.52. The zero-order valence-electron chi connectivity index (χ0n) is 14.0. The van der Waals surface area contributed by atoms with E-state index in [9.17, 15) is 14.0 Å². The number of carbonyl (C=O) groups is 2. The standard InChI is InChI=1S/C17H19FN2O4S/c1-11-14(12(2)24-20-11)9-25-10-17(22)23-8-16(21)19-7-13-5-3-4-6-15(13)18/h3-6H,7-10H2,1-2H3,(H,19,21). The van der Waals surface area contributed by atoms with Crippen molar-refractivity contribution in [2.24, 2.45) is 0 Å². The second kappa shape index (κ2) is 9.22. The number of hydrogen-bond acceptors (Lipinski definition) is 6. The first-order valence-corrected chi connectivity index (χ1v) is 8.78. The summed E-state index contributed by atoms with van der Waals surface area (Å²) in [6, 6.07) is 6.15. The molecule has 1 aromatic heterocycles. The van der Waals surface area contributed by atoms with E-state index in [-0.39, 0.29) is 18.9 Å². The minimum atomic E-state index is -0.488. The minimum absolute atomic E-state index is 0.0455. The quantitative estimate of drug-likeness (QED) is 0.723. The Balaban J connectivity index is 1.64. The number of nitrogens with zero attached hydrogens (tertiary/aromatic N) is 1. The Kier molecular flexibility index (Phi) is 7.00. The van der Waals surface area contributed by atoms with E-state index in [1.165, 1.54) is 17.8 Å². The number of thioether (sulfide) groups is 1. The van der Waals surface area contributed by atoms with Gasteiger partial charge in [-0.25, -0.2) is 4.39 Å². The van der Waals surface area contributed by atoms with Crippen LogP contribution in [0.4, 0.5) is 4.39 Å². The summed E-state index contributed by atoms with van der Waals surface area (Å²) < 4.78 is 23.4. The van der Waals surface area contributed by atoms with Gasteiger partial charge < -0.3 is 14.6 Å². The molecule has 0 fully saturated rings. The van der Waals surface area contributed by atoms with E-state index in [0.29, 0.717) is 11.3 Å². The maximum Gasteiger partial charge on any atom is 0.316 e. The maximum absolute atomic E-state index is 13.4. The zero-order chi connectivity index (χ0) is 18.2. The minimum Gasteiger partial charge on any atom is -0.455 e. The summed E-state index contributed by atoms with van der Waals surface area (Å²) in [5, 5.41) is 6.35. The van der Waals surface area contributed by atoms with E-state index in [0.717, 1.165) is 17.0 Å². The summed E-state index contributed by atoms with van der Waals surface area (Å²) in [7, 11) is 0. The Morgan fingerprint density at radius 3 is 2.76 bits per heavy atom. The predicted molar refractivity (Wildman–Crippen MR) is 91.3 cm³/mol. The fourth-order valence-corrected chi connectivity index (χ4v) is 2.99. The van der Waals surface area contributed by atoms with Crippen LogP contribution in [-0.2, 0) is 26.6 Å². The molecule has 0 saturated carbocycles. The van der Waals surface area contributed by atoms with Crippen molar-refractivity contribution in [3.05, 3.63) is 52.7 Å². The lowest BCUT2D eigenvalue weighted by Gasteiger charge is -2.07. The van der Waals surface area contributed by atoms with Crippen LogP contribution in [0, 0.1) is 19.7 Å². The lowest BCUT2D eigenvalue weighted by atomic mass is 10.2. The van der Waals surface area contributed by atoms with Gasteiger partial charge in [-0.05, 0) is 19.9 Å². The molecule has 0 unspecified atom stereocenters. The smallest absolute Gasteiger partial charge is 0.316 e. The largest absolute Gasteiger partial charge is 0.455 e. The van der Waals surface area contributed by atoms with Gasteiger partial charge in [0.1, 0.15) is 11.6 Å². The highest BCUT2D eigenvalue weighted by Gasteiger charge is 2.12. The molecule has 0 aliphatic heterocycles. The Morgan fingerprint density at radius 1 is 1.32 bits per heavy atom. The third kappa shape index (κ3) is 5.90. The van der Waals surface area contributed by atoms with Crippen molar-refractivity contribution >= 4 is 23.6 Å². The molecule has 0 atom stereocenters. The van der Waals surface area contributed by atoms with Crippen LogP contribution < -0.4 is 5.32 Å². The van der Waals surface area contributed by atoms with Crippen LogP contribution in [0.3, 0.4) is 0 Å². The molecule has 0 radical (unpaired) electrons. The monoisotopic (exact) mass is 366 g/mol. The van der Waals surface area contributed by atoms with Crippen LogP contribution in [0.5, 0.6) is 0 Å². The number of carbonyl (C=O) groups excluding carboxylic acids is 2. The van der Waals surface area contributed by atoms with Crippen molar-refractivity contribution in [3.8, 4) is 0 Å². The summed E-state index contributed by atoms with van der Waals surface area (Å²) in [5.74, 6) is 0.0620. The SMILES string of the molecule is Cc1noc(C)c1CSCC(=O)OCC(=O)NCc1ccccc1F. The molecule has 0 bridgehead atoms. The topological polar surface area (TPSA) is 81.4 Å². The molecule has 1 heterocycles. The van der Waals surface area contributed by atoms with Gasteiger partial charge in [0.15, 0.2) is 6.61 Å². The molecule has 1 aromatic carbocycles. The molecule has 0 saturated heterocycles. The van der Waals surface area contributed by atoms with Crippen LogP contribution in [0.15, 0.2) is 28.8 Å². The first-order chi connectivity index (χ1) is 12.0. The average molecular weight is 366 g/mol. The fourth-order valence-electron chi connectivity index (χ4n) is 2.02. The lowest BCUT2D eigenvalue weighted by molar-refractivity contribution is -0.145. The highest BCUT2D eigenvalue weighted by molar-refractivity contribution is 7.99. The Hall–Kier alpha value is -2.35. The van der Waals surface area contributed by atoms with Crippen molar-refractivity contribution in [2.75, 3.05) is 12.4 Å². The molecule has 0 spiro atoms. The molecule has 0 aliphatic rings. The van der Waals surface area contributed by atoms with E-state index in [1.54, 1.807) is 18.2 Å². The van der Waals surface area contributed by atoms with Gasteiger partial charge in [0.2, 0.25) is 0 Å². The number of halogens is 1. The second-order valence-electron chi connectivity index (χ2n) is 5.32. The van der Waals surface area contributed by atoms with Crippen molar-refractivity contribution in [1.82, 2.24) is 10.5 Å². The number of aryl methyl sites for hydroxylation is 2. The number of amides is 1. The van der Waals surface area contributed by atoms with E-state index in [4.69, 9.17) is 9.26 Å². The third-order valence-corrected chi connectivity index (χ3v) is 4.38. The normalized spacial score (nSPS) is 10.5. The van der Waals surface area contributed by atoms with Crippen molar-refractivity contribution < 1.29 is 23.2 Å². The van der Waals surface area contributed by atoms with Crippen molar-refractivity contribution in [3.63, 3.8) is 0 Å². The first-order valence-electron chi connectivity index (χ1n) is 7.62. The Labute approximate surface area is 149 Å². The summed E-state index contributed by atoms with van der Waals surface area (Å²) >= 11 is 1.36. The third-order valence-electron chi connectivity index (χ3n) is 3.45. The summed E-state index contributed by atoms with van der Waals surface area (Å²) in [6.45, 7) is 3.31. The lowest BCUT2D eigenvalue weighted by Crippen LogP contribution is -2.29. The molecule has 8 heteroatoms. The number of esters is 1. The number of nitrogens with one attached hydrogen (secondary N) is 1. The molecule has 2 aromatic rings. The number of ether oxygens (including phenoxy) is 1. The molecule has 134 valence electrons. The van der Waals surface area contributed by atoms with E-state index in [2.05, 4.69) is 10.5 Å². The highest BCUT2D eigenvalue weighted by Crippen LogP contribution is 2.19. The molecule has 6 nitrogen and oxygen atoms in total. The van der Waals surface area contributed by atoms with Gasteiger partial charge in [-0.3, -0.25) is 9.59 Å². The molecule has 0 aliphatic carbocycles. The van der Waals surface area contributed by atoms with Gasteiger partial charge in [-0.1, -0.05) is 23.4 Å². The molecular weight excluding hydrogens is 347 g/mol. The molecule has 1 N–H and O–H groups in total. The van der Waals surface area contributed by atoms with Gasteiger partial charge >= 0.3 is 5.97 Å². The van der Waals surface area contributed by atoms with Crippen molar-refractivity contribution in [1.29, 1.82) is 0 Å². The Bertz CT molecular complexity index is 728. The second-order valence-corrected chi connectivity index (χ2v) is 6.31. The van der Waals surface area contributed by atoms with Crippen molar-refractivity contribution in [2.45, 2.75) is 26.1 Å². The number of rotatable bonds is 8. The average Bonchev–Trinajstić information content (AvgIpc) is 2.91. The van der Waals surface area contributed by atoms with Crippen LogP contribution in [0.2, 0.25) is 0 Å². The maximum atomic E-state index is 13.4. The van der Waals surface area contributed by atoms with E-state index < -0.39 is 17.7 Å². The summed E-state index contributed by atoms with van der Waals surface area (Å²) in [6.07, 6.45) is 0. The number of aromatic nitrogens is 1.